The predicted octanol–water partition coefficient (Wildman–Crippen LogP) is 4.05. The molecule has 5 heteroatoms. The number of ether oxygens (including phenoxy) is 2. The molecule has 3 aromatic rings. The zero-order chi connectivity index (χ0) is 19.8. The molecule has 0 unspecified atom stereocenters. The smallest absolute Gasteiger partial charge is 0.308 e. The van der Waals surface area contributed by atoms with Gasteiger partial charge in [-0.15, -0.1) is 0 Å². The SMILES string of the molecule is CC(=O)Oc1cccc(-c2ccc(OC[C@H](O)CCc3cccnc3)cc2)c1. The van der Waals surface area contributed by atoms with Crippen molar-refractivity contribution in [2.45, 2.75) is 25.9 Å². The van der Waals surface area contributed by atoms with E-state index in [4.69, 9.17) is 9.47 Å². The minimum atomic E-state index is -0.541. The van der Waals surface area contributed by atoms with Crippen molar-refractivity contribution in [1.29, 1.82) is 0 Å². The average molecular weight is 377 g/mol. The zero-order valence-corrected chi connectivity index (χ0v) is 15.7. The van der Waals surface area contributed by atoms with Crippen molar-refractivity contribution in [3.8, 4) is 22.6 Å². The number of hydrogen-bond acceptors (Lipinski definition) is 5. The Hall–Kier alpha value is -3.18. The lowest BCUT2D eigenvalue weighted by atomic mass is 10.1. The van der Waals surface area contributed by atoms with Gasteiger partial charge in [-0.25, -0.2) is 0 Å². The number of nitrogens with zero attached hydrogens (tertiary/aromatic N) is 1. The number of aliphatic hydroxyl groups is 1. The van der Waals surface area contributed by atoms with Gasteiger partial charge in [-0.05, 0) is 59.9 Å². The Kier molecular flexibility index (Phi) is 6.76. The van der Waals surface area contributed by atoms with E-state index in [0.29, 0.717) is 17.9 Å². The number of aromatic nitrogens is 1. The summed E-state index contributed by atoms with van der Waals surface area (Å²) in [7, 11) is 0. The second-order valence-electron chi connectivity index (χ2n) is 6.51. The van der Waals surface area contributed by atoms with Gasteiger partial charge in [0.2, 0.25) is 0 Å². The molecule has 0 aliphatic carbocycles. The molecule has 5 nitrogen and oxygen atoms in total. The monoisotopic (exact) mass is 377 g/mol. The molecule has 0 aliphatic heterocycles. The normalized spacial score (nSPS) is 11.6. The van der Waals surface area contributed by atoms with Gasteiger partial charge in [0.15, 0.2) is 0 Å². The van der Waals surface area contributed by atoms with Gasteiger partial charge < -0.3 is 14.6 Å². The van der Waals surface area contributed by atoms with Crippen LogP contribution in [-0.4, -0.2) is 28.8 Å². The Morgan fingerprint density at radius 2 is 1.86 bits per heavy atom. The summed E-state index contributed by atoms with van der Waals surface area (Å²) in [6.07, 6.45) is 4.38. The fourth-order valence-electron chi connectivity index (χ4n) is 2.80. The minimum Gasteiger partial charge on any atom is -0.491 e. The number of aliphatic hydroxyl groups excluding tert-OH is 1. The predicted molar refractivity (Wildman–Crippen MR) is 107 cm³/mol. The summed E-state index contributed by atoms with van der Waals surface area (Å²) in [6.45, 7) is 1.62. The molecular formula is C23H23NO4. The third kappa shape index (κ3) is 5.93. The van der Waals surface area contributed by atoms with E-state index in [1.165, 1.54) is 6.92 Å². The average Bonchev–Trinajstić information content (AvgIpc) is 2.71. The van der Waals surface area contributed by atoms with Gasteiger partial charge in [-0.3, -0.25) is 9.78 Å². The molecule has 0 spiro atoms. The van der Waals surface area contributed by atoms with Crippen LogP contribution in [0.2, 0.25) is 0 Å². The van der Waals surface area contributed by atoms with Gasteiger partial charge in [0.05, 0.1) is 6.10 Å². The Labute approximate surface area is 164 Å². The highest BCUT2D eigenvalue weighted by Crippen LogP contribution is 2.26. The van der Waals surface area contributed by atoms with Crippen LogP contribution in [0.4, 0.5) is 0 Å². The number of benzene rings is 2. The van der Waals surface area contributed by atoms with E-state index in [2.05, 4.69) is 4.98 Å². The maximum absolute atomic E-state index is 11.1. The van der Waals surface area contributed by atoms with Crippen molar-refractivity contribution < 1.29 is 19.4 Å². The molecule has 0 saturated carbocycles. The Morgan fingerprint density at radius 1 is 1.04 bits per heavy atom. The van der Waals surface area contributed by atoms with E-state index in [1.807, 2.05) is 60.8 Å². The van der Waals surface area contributed by atoms with Crippen LogP contribution in [0.25, 0.3) is 11.1 Å². The first-order valence-electron chi connectivity index (χ1n) is 9.19. The second-order valence-corrected chi connectivity index (χ2v) is 6.51. The van der Waals surface area contributed by atoms with E-state index < -0.39 is 6.10 Å². The van der Waals surface area contributed by atoms with Crippen LogP contribution >= 0.6 is 0 Å². The number of rotatable bonds is 8. The fraction of sp³-hybridized carbons (Fsp3) is 0.217. The summed E-state index contributed by atoms with van der Waals surface area (Å²) in [5.41, 5.74) is 3.03. The van der Waals surface area contributed by atoms with E-state index in [0.717, 1.165) is 23.1 Å². The highest BCUT2D eigenvalue weighted by Gasteiger charge is 2.07. The summed E-state index contributed by atoms with van der Waals surface area (Å²) in [4.78, 5) is 15.2. The molecule has 0 saturated heterocycles. The summed E-state index contributed by atoms with van der Waals surface area (Å²) in [5, 5.41) is 10.1. The third-order valence-electron chi connectivity index (χ3n) is 4.21. The highest BCUT2D eigenvalue weighted by atomic mass is 16.5. The molecule has 0 aliphatic rings. The van der Waals surface area contributed by atoms with Crippen molar-refractivity contribution in [1.82, 2.24) is 4.98 Å². The van der Waals surface area contributed by atoms with Crippen molar-refractivity contribution in [3.63, 3.8) is 0 Å². The Balaban J connectivity index is 1.52. The van der Waals surface area contributed by atoms with Crippen molar-refractivity contribution in [3.05, 3.63) is 78.6 Å². The lowest BCUT2D eigenvalue weighted by Crippen LogP contribution is -2.18. The van der Waals surface area contributed by atoms with Crippen LogP contribution in [0, 0.1) is 0 Å². The van der Waals surface area contributed by atoms with Crippen molar-refractivity contribution in [2.24, 2.45) is 0 Å². The van der Waals surface area contributed by atoms with Crippen LogP contribution < -0.4 is 9.47 Å². The van der Waals surface area contributed by atoms with Gasteiger partial charge in [0.1, 0.15) is 18.1 Å². The summed E-state index contributed by atoms with van der Waals surface area (Å²) in [6, 6.07) is 18.8. The van der Waals surface area contributed by atoms with E-state index in [9.17, 15) is 9.90 Å². The number of esters is 1. The summed E-state index contributed by atoms with van der Waals surface area (Å²) < 4.78 is 10.8. The van der Waals surface area contributed by atoms with Crippen LogP contribution in [-0.2, 0) is 11.2 Å². The maximum Gasteiger partial charge on any atom is 0.308 e. The molecule has 0 fully saturated rings. The number of aryl methyl sites for hydroxylation is 1. The van der Waals surface area contributed by atoms with Gasteiger partial charge in [0, 0.05) is 19.3 Å². The number of pyridine rings is 1. The lowest BCUT2D eigenvalue weighted by molar-refractivity contribution is -0.131. The number of carbonyl (C=O) groups excluding carboxylic acids is 1. The molecule has 0 bridgehead atoms. The van der Waals surface area contributed by atoms with Crippen LogP contribution in [0.5, 0.6) is 11.5 Å². The Bertz CT molecular complexity index is 894. The van der Waals surface area contributed by atoms with E-state index in [1.54, 1.807) is 12.3 Å². The molecule has 28 heavy (non-hydrogen) atoms. The number of carbonyl (C=O) groups is 1. The first kappa shape index (κ1) is 19.6. The minimum absolute atomic E-state index is 0.238. The zero-order valence-electron chi connectivity index (χ0n) is 15.7. The number of hydrogen-bond donors (Lipinski definition) is 1. The molecule has 1 heterocycles. The van der Waals surface area contributed by atoms with Gasteiger partial charge in [0.25, 0.3) is 0 Å². The molecule has 0 radical (unpaired) electrons. The largest absolute Gasteiger partial charge is 0.491 e. The molecule has 1 aromatic heterocycles. The first-order chi connectivity index (χ1) is 13.6. The first-order valence-corrected chi connectivity index (χ1v) is 9.19. The van der Waals surface area contributed by atoms with Crippen molar-refractivity contribution in [2.75, 3.05) is 6.61 Å². The molecular weight excluding hydrogens is 354 g/mol. The standard InChI is InChI=1S/C23H23NO4/c1-17(25)28-23-6-2-5-20(14-23)19-8-11-22(12-9-19)27-16-21(26)10-7-18-4-3-13-24-15-18/h2-6,8-9,11-15,21,26H,7,10,16H2,1H3/t21-/m1/s1. The quantitative estimate of drug-likeness (QED) is 0.474. The molecule has 1 atom stereocenters. The van der Waals surface area contributed by atoms with Crippen LogP contribution in [0.3, 0.4) is 0 Å². The molecule has 2 aromatic carbocycles. The topological polar surface area (TPSA) is 68.7 Å². The van der Waals surface area contributed by atoms with E-state index >= 15 is 0 Å². The molecule has 3 rings (SSSR count). The molecule has 1 N–H and O–H groups in total. The van der Waals surface area contributed by atoms with Crippen LogP contribution in [0.1, 0.15) is 18.9 Å². The fourth-order valence-corrected chi connectivity index (χ4v) is 2.80. The van der Waals surface area contributed by atoms with Crippen molar-refractivity contribution >= 4 is 5.97 Å². The van der Waals surface area contributed by atoms with E-state index in [-0.39, 0.29) is 12.6 Å². The van der Waals surface area contributed by atoms with Gasteiger partial charge in [-0.2, -0.15) is 0 Å². The summed E-state index contributed by atoms with van der Waals surface area (Å²) >= 11 is 0. The van der Waals surface area contributed by atoms with Crippen LogP contribution in [0.15, 0.2) is 73.1 Å². The third-order valence-corrected chi connectivity index (χ3v) is 4.21. The Morgan fingerprint density at radius 3 is 2.57 bits per heavy atom. The molecule has 0 amide bonds. The highest BCUT2D eigenvalue weighted by molar-refractivity contribution is 5.71. The lowest BCUT2D eigenvalue weighted by Gasteiger charge is -2.13. The summed E-state index contributed by atoms with van der Waals surface area (Å²) in [5.74, 6) is 0.866. The second kappa shape index (κ2) is 9.67. The van der Waals surface area contributed by atoms with Gasteiger partial charge >= 0.3 is 5.97 Å². The maximum atomic E-state index is 11.1. The van der Waals surface area contributed by atoms with Gasteiger partial charge in [-0.1, -0.05) is 30.3 Å². The molecule has 144 valence electrons.